The van der Waals surface area contributed by atoms with E-state index in [9.17, 15) is 4.79 Å². The molecule has 0 unspecified atom stereocenters. The zero-order valence-corrected chi connectivity index (χ0v) is 11.0. The number of aliphatic carboxylic acids is 1. The molecular formula is C14H19NO3. The summed E-state index contributed by atoms with van der Waals surface area (Å²) in [7, 11) is 3.60. The average Bonchev–Trinajstić information content (AvgIpc) is 2.27. The first-order valence-corrected chi connectivity index (χ1v) is 5.73. The molecule has 1 aromatic carbocycles. The van der Waals surface area contributed by atoms with Crippen LogP contribution in [0.3, 0.4) is 0 Å². The van der Waals surface area contributed by atoms with Crippen molar-refractivity contribution >= 4 is 5.97 Å². The highest BCUT2D eigenvalue weighted by molar-refractivity contribution is 5.80. The zero-order chi connectivity index (χ0) is 13.5. The molecule has 0 fully saturated rings. The summed E-state index contributed by atoms with van der Waals surface area (Å²) in [5, 5.41) is 8.64. The van der Waals surface area contributed by atoms with Gasteiger partial charge in [0.15, 0.2) is 0 Å². The standard InChI is InChI=1S/C14H19NO3/c1-11(7-14(16)17)9-15(2)10-12-5-4-6-13(8-12)18-3/h4-8H,9-10H2,1-3H3,(H,16,17). The van der Waals surface area contributed by atoms with E-state index in [1.165, 1.54) is 6.08 Å². The summed E-state index contributed by atoms with van der Waals surface area (Å²) in [5.74, 6) is -0.0685. The predicted molar refractivity (Wildman–Crippen MR) is 70.7 cm³/mol. The number of rotatable bonds is 6. The van der Waals surface area contributed by atoms with Crippen LogP contribution in [-0.4, -0.2) is 36.7 Å². The summed E-state index contributed by atoms with van der Waals surface area (Å²) < 4.78 is 5.16. The molecule has 0 amide bonds. The van der Waals surface area contributed by atoms with Gasteiger partial charge in [-0.3, -0.25) is 4.90 Å². The van der Waals surface area contributed by atoms with E-state index >= 15 is 0 Å². The van der Waals surface area contributed by atoms with E-state index in [1.807, 2.05) is 38.2 Å². The van der Waals surface area contributed by atoms with E-state index in [0.29, 0.717) is 6.54 Å². The van der Waals surface area contributed by atoms with Crippen LogP contribution in [0.5, 0.6) is 5.75 Å². The van der Waals surface area contributed by atoms with Crippen LogP contribution in [0.2, 0.25) is 0 Å². The fourth-order valence-electron chi connectivity index (χ4n) is 1.82. The van der Waals surface area contributed by atoms with Crippen LogP contribution >= 0.6 is 0 Å². The van der Waals surface area contributed by atoms with Crippen molar-refractivity contribution in [1.82, 2.24) is 4.90 Å². The molecule has 18 heavy (non-hydrogen) atoms. The fourth-order valence-corrected chi connectivity index (χ4v) is 1.82. The minimum atomic E-state index is -0.901. The Kier molecular flexibility index (Phi) is 5.39. The van der Waals surface area contributed by atoms with Crippen LogP contribution in [-0.2, 0) is 11.3 Å². The summed E-state index contributed by atoms with van der Waals surface area (Å²) in [5.41, 5.74) is 1.97. The normalized spacial score (nSPS) is 11.7. The number of hydrogen-bond donors (Lipinski definition) is 1. The maximum atomic E-state index is 10.5. The number of carbonyl (C=O) groups is 1. The summed E-state index contributed by atoms with van der Waals surface area (Å²) >= 11 is 0. The van der Waals surface area contributed by atoms with Crippen molar-refractivity contribution in [1.29, 1.82) is 0 Å². The first kappa shape index (κ1) is 14.3. The third-order valence-corrected chi connectivity index (χ3v) is 2.48. The van der Waals surface area contributed by atoms with Gasteiger partial charge < -0.3 is 9.84 Å². The maximum absolute atomic E-state index is 10.5. The number of ether oxygens (including phenoxy) is 1. The molecule has 1 N–H and O–H groups in total. The second-order valence-corrected chi connectivity index (χ2v) is 4.35. The lowest BCUT2D eigenvalue weighted by Crippen LogP contribution is -2.20. The van der Waals surface area contributed by atoms with E-state index in [1.54, 1.807) is 7.11 Å². The summed E-state index contributed by atoms with van der Waals surface area (Å²) in [6.07, 6.45) is 1.24. The Labute approximate surface area is 107 Å². The molecule has 0 aliphatic heterocycles. The molecule has 0 heterocycles. The monoisotopic (exact) mass is 249 g/mol. The number of likely N-dealkylation sites (N-methyl/N-ethyl adjacent to an activating group) is 1. The zero-order valence-electron chi connectivity index (χ0n) is 11.0. The predicted octanol–water partition coefficient (Wildman–Crippen LogP) is 2.16. The van der Waals surface area contributed by atoms with Gasteiger partial charge in [0, 0.05) is 19.2 Å². The summed E-state index contributed by atoms with van der Waals surface area (Å²) in [4.78, 5) is 12.6. The first-order chi connectivity index (χ1) is 8.51. The number of methoxy groups -OCH3 is 1. The van der Waals surface area contributed by atoms with Crippen molar-refractivity contribution in [2.75, 3.05) is 20.7 Å². The Hall–Kier alpha value is -1.81. The van der Waals surface area contributed by atoms with Crippen molar-refractivity contribution in [3.05, 3.63) is 41.5 Å². The molecule has 0 radical (unpaired) electrons. The molecule has 1 aromatic rings. The van der Waals surface area contributed by atoms with Gasteiger partial charge in [-0.2, -0.15) is 0 Å². The van der Waals surface area contributed by atoms with Gasteiger partial charge >= 0.3 is 5.97 Å². The molecule has 0 aliphatic carbocycles. The van der Waals surface area contributed by atoms with E-state index in [4.69, 9.17) is 9.84 Å². The number of carboxylic acid groups (broad SMARTS) is 1. The molecule has 0 bridgehead atoms. The number of hydrogen-bond acceptors (Lipinski definition) is 3. The van der Waals surface area contributed by atoms with Crippen molar-refractivity contribution in [3.63, 3.8) is 0 Å². The van der Waals surface area contributed by atoms with Crippen molar-refractivity contribution < 1.29 is 14.6 Å². The van der Waals surface area contributed by atoms with Crippen molar-refractivity contribution in [2.24, 2.45) is 0 Å². The van der Waals surface area contributed by atoms with Crippen LogP contribution in [0.15, 0.2) is 35.9 Å². The van der Waals surface area contributed by atoms with Crippen molar-refractivity contribution in [3.8, 4) is 5.75 Å². The Balaban J connectivity index is 2.58. The number of carboxylic acids is 1. The van der Waals surface area contributed by atoms with Gasteiger partial charge in [-0.15, -0.1) is 0 Å². The average molecular weight is 249 g/mol. The second-order valence-electron chi connectivity index (χ2n) is 4.35. The molecule has 98 valence electrons. The maximum Gasteiger partial charge on any atom is 0.328 e. The Morgan fingerprint density at radius 1 is 1.50 bits per heavy atom. The van der Waals surface area contributed by atoms with Crippen LogP contribution in [0.1, 0.15) is 12.5 Å². The largest absolute Gasteiger partial charge is 0.497 e. The molecule has 1 rings (SSSR count). The van der Waals surface area contributed by atoms with E-state index in [-0.39, 0.29) is 0 Å². The molecule has 0 atom stereocenters. The quantitative estimate of drug-likeness (QED) is 0.785. The van der Waals surface area contributed by atoms with Crippen LogP contribution in [0.25, 0.3) is 0 Å². The first-order valence-electron chi connectivity index (χ1n) is 5.73. The topological polar surface area (TPSA) is 49.8 Å². The minimum absolute atomic E-state index is 0.628. The van der Waals surface area contributed by atoms with E-state index in [0.717, 1.165) is 23.4 Å². The lowest BCUT2D eigenvalue weighted by Gasteiger charge is -2.17. The molecule has 0 spiro atoms. The molecular weight excluding hydrogens is 230 g/mol. The number of benzene rings is 1. The van der Waals surface area contributed by atoms with Gasteiger partial charge in [0.05, 0.1) is 7.11 Å². The summed E-state index contributed by atoms with van der Waals surface area (Å²) in [6, 6.07) is 7.85. The van der Waals surface area contributed by atoms with Gasteiger partial charge in [-0.25, -0.2) is 4.79 Å². The Morgan fingerprint density at radius 2 is 2.22 bits per heavy atom. The van der Waals surface area contributed by atoms with E-state index in [2.05, 4.69) is 4.90 Å². The van der Waals surface area contributed by atoms with Crippen molar-refractivity contribution in [2.45, 2.75) is 13.5 Å². The molecule has 4 heteroatoms. The van der Waals surface area contributed by atoms with Crippen LogP contribution in [0, 0.1) is 0 Å². The third-order valence-electron chi connectivity index (χ3n) is 2.48. The molecule has 0 aromatic heterocycles. The third kappa shape index (κ3) is 5.01. The lowest BCUT2D eigenvalue weighted by atomic mass is 10.2. The van der Waals surface area contributed by atoms with Gasteiger partial charge in [0.25, 0.3) is 0 Å². The SMILES string of the molecule is COc1cccc(CN(C)CC(C)=CC(=O)O)c1. The highest BCUT2D eigenvalue weighted by Gasteiger charge is 2.03. The highest BCUT2D eigenvalue weighted by Crippen LogP contribution is 2.14. The minimum Gasteiger partial charge on any atom is -0.497 e. The summed E-state index contributed by atoms with van der Waals surface area (Å²) in [6.45, 7) is 3.20. The molecule has 0 saturated carbocycles. The van der Waals surface area contributed by atoms with Crippen LogP contribution < -0.4 is 4.74 Å². The van der Waals surface area contributed by atoms with Gasteiger partial charge in [-0.1, -0.05) is 17.7 Å². The van der Waals surface area contributed by atoms with Gasteiger partial charge in [0.2, 0.25) is 0 Å². The smallest absolute Gasteiger partial charge is 0.328 e. The van der Waals surface area contributed by atoms with Gasteiger partial charge in [0.1, 0.15) is 5.75 Å². The second kappa shape index (κ2) is 6.81. The number of nitrogens with zero attached hydrogens (tertiary/aromatic N) is 1. The van der Waals surface area contributed by atoms with Gasteiger partial charge in [-0.05, 0) is 31.7 Å². The van der Waals surface area contributed by atoms with E-state index < -0.39 is 5.97 Å². The highest BCUT2D eigenvalue weighted by atomic mass is 16.5. The molecule has 0 saturated heterocycles. The lowest BCUT2D eigenvalue weighted by molar-refractivity contribution is -0.131. The van der Waals surface area contributed by atoms with Crippen LogP contribution in [0.4, 0.5) is 0 Å². The Bertz CT molecular complexity index is 440. The molecule has 0 aliphatic rings. The Morgan fingerprint density at radius 3 is 2.83 bits per heavy atom. The fraction of sp³-hybridized carbons (Fsp3) is 0.357. The molecule has 4 nitrogen and oxygen atoms in total.